The molecule has 1 unspecified atom stereocenters. The molecule has 0 aromatic heterocycles. The molecule has 1 N–H and O–H groups in total. The van der Waals surface area contributed by atoms with Crippen LogP contribution in [0, 0.1) is 12.3 Å². The van der Waals surface area contributed by atoms with Crippen LogP contribution in [0.4, 0.5) is 5.69 Å². The van der Waals surface area contributed by atoms with Gasteiger partial charge in [-0.25, -0.2) is 0 Å². The van der Waals surface area contributed by atoms with Crippen molar-refractivity contribution >= 4 is 22.4 Å². The van der Waals surface area contributed by atoms with Gasteiger partial charge in [-0.2, -0.15) is 0 Å². The first-order valence-corrected chi connectivity index (χ1v) is 8.90. The van der Waals surface area contributed by atoms with Crippen molar-refractivity contribution in [3.05, 3.63) is 41.5 Å². The number of aliphatic hydroxyl groups excluding tert-OH is 1. The van der Waals surface area contributed by atoms with Gasteiger partial charge in [-0.05, 0) is 39.1 Å². The van der Waals surface area contributed by atoms with Crippen LogP contribution in [0.5, 0.6) is 0 Å². The number of hydrogen-bond acceptors (Lipinski definition) is 3. The lowest BCUT2D eigenvalue weighted by molar-refractivity contribution is 0.0641. The second-order valence-corrected chi connectivity index (χ2v) is 7.27. The van der Waals surface area contributed by atoms with Crippen LogP contribution in [-0.2, 0) is 0 Å². The fourth-order valence-corrected chi connectivity index (χ4v) is 3.49. The van der Waals surface area contributed by atoms with Crippen molar-refractivity contribution in [2.75, 3.05) is 19.0 Å². The number of aliphatic hydroxyl groups is 1. The number of nitrogens with zero attached hydrogens (tertiary/aromatic N) is 2. The van der Waals surface area contributed by atoms with E-state index >= 15 is 0 Å². The Kier molecular flexibility index (Phi) is 5.94. The van der Waals surface area contributed by atoms with Gasteiger partial charge < -0.3 is 14.9 Å². The largest absolute Gasteiger partial charge is 0.377 e. The minimum Gasteiger partial charge on any atom is -0.377 e. The Morgan fingerprint density at radius 1 is 1.08 bits per heavy atom. The summed E-state index contributed by atoms with van der Waals surface area (Å²) in [6, 6.07) is 9.63. The molecular formula is C22H28N2O2. The van der Waals surface area contributed by atoms with Gasteiger partial charge in [0.25, 0.3) is 5.91 Å². The van der Waals surface area contributed by atoms with Gasteiger partial charge in [0.1, 0.15) is 6.10 Å². The van der Waals surface area contributed by atoms with Gasteiger partial charge in [-0.3, -0.25) is 4.79 Å². The Morgan fingerprint density at radius 2 is 1.69 bits per heavy atom. The molecule has 0 saturated carbocycles. The van der Waals surface area contributed by atoms with Gasteiger partial charge in [-0.15, -0.1) is 6.42 Å². The van der Waals surface area contributed by atoms with Crippen LogP contribution in [0.2, 0.25) is 0 Å². The summed E-state index contributed by atoms with van der Waals surface area (Å²) in [5.74, 6) is 2.25. The summed E-state index contributed by atoms with van der Waals surface area (Å²) in [6.45, 7) is 7.97. The van der Waals surface area contributed by atoms with Gasteiger partial charge in [0.05, 0.1) is 5.56 Å². The number of terminal acetylenes is 1. The molecule has 26 heavy (non-hydrogen) atoms. The smallest absolute Gasteiger partial charge is 0.255 e. The molecule has 4 heteroatoms. The zero-order valence-corrected chi connectivity index (χ0v) is 16.4. The molecule has 1 atom stereocenters. The highest BCUT2D eigenvalue weighted by Crippen LogP contribution is 2.35. The summed E-state index contributed by atoms with van der Waals surface area (Å²) < 4.78 is 0. The van der Waals surface area contributed by atoms with E-state index in [1.807, 2.05) is 75.9 Å². The van der Waals surface area contributed by atoms with Crippen LogP contribution in [0.25, 0.3) is 10.8 Å². The lowest BCUT2D eigenvalue weighted by Gasteiger charge is -2.32. The van der Waals surface area contributed by atoms with E-state index < -0.39 is 6.10 Å². The van der Waals surface area contributed by atoms with Crippen molar-refractivity contribution in [2.24, 2.45) is 0 Å². The third-order valence-electron chi connectivity index (χ3n) is 4.55. The number of rotatable bonds is 5. The summed E-state index contributed by atoms with van der Waals surface area (Å²) in [7, 11) is 3.88. The zero-order valence-electron chi connectivity index (χ0n) is 16.4. The highest BCUT2D eigenvalue weighted by molar-refractivity contribution is 6.13. The van der Waals surface area contributed by atoms with Crippen LogP contribution >= 0.6 is 0 Å². The van der Waals surface area contributed by atoms with Crippen molar-refractivity contribution < 1.29 is 9.90 Å². The van der Waals surface area contributed by atoms with E-state index in [0.717, 1.165) is 16.5 Å². The minimum atomic E-state index is -1.13. The van der Waals surface area contributed by atoms with Crippen molar-refractivity contribution in [2.45, 2.75) is 45.9 Å². The maximum Gasteiger partial charge on any atom is 0.255 e. The van der Waals surface area contributed by atoms with E-state index in [1.54, 1.807) is 6.07 Å². The molecule has 1 amide bonds. The molecule has 0 radical (unpaired) electrons. The highest BCUT2D eigenvalue weighted by Gasteiger charge is 2.28. The molecule has 2 aromatic carbocycles. The molecule has 0 aliphatic rings. The van der Waals surface area contributed by atoms with E-state index in [2.05, 4.69) is 5.92 Å². The molecular weight excluding hydrogens is 324 g/mol. The number of fused-ring (bicyclic) bond motifs is 1. The Bertz CT molecular complexity index is 839. The van der Waals surface area contributed by atoms with E-state index in [9.17, 15) is 9.90 Å². The minimum absolute atomic E-state index is 0.0279. The molecule has 0 fully saturated rings. The summed E-state index contributed by atoms with van der Waals surface area (Å²) in [5.41, 5.74) is 1.88. The molecule has 0 bridgehead atoms. The van der Waals surface area contributed by atoms with E-state index in [4.69, 9.17) is 6.42 Å². The molecule has 0 saturated heterocycles. The van der Waals surface area contributed by atoms with Gasteiger partial charge in [0, 0.05) is 42.8 Å². The normalized spacial score (nSPS) is 12.3. The second kappa shape index (κ2) is 7.80. The summed E-state index contributed by atoms with van der Waals surface area (Å²) >= 11 is 0. The molecule has 0 spiro atoms. The first-order chi connectivity index (χ1) is 12.2. The first-order valence-electron chi connectivity index (χ1n) is 8.90. The van der Waals surface area contributed by atoms with Crippen LogP contribution < -0.4 is 4.90 Å². The fourth-order valence-electron chi connectivity index (χ4n) is 3.49. The van der Waals surface area contributed by atoms with Gasteiger partial charge in [0.15, 0.2) is 0 Å². The SMILES string of the molecule is C#CC(O)c1ccc2cccc(N(C)C)c2c1C(=O)N(C(C)C)C(C)C. The summed E-state index contributed by atoms with van der Waals surface area (Å²) in [4.78, 5) is 17.4. The van der Waals surface area contributed by atoms with Crippen molar-refractivity contribution in [1.82, 2.24) is 4.90 Å². The van der Waals surface area contributed by atoms with Gasteiger partial charge >= 0.3 is 0 Å². The third-order valence-corrected chi connectivity index (χ3v) is 4.55. The van der Waals surface area contributed by atoms with Crippen molar-refractivity contribution in [3.63, 3.8) is 0 Å². The van der Waals surface area contributed by atoms with E-state index in [-0.39, 0.29) is 18.0 Å². The van der Waals surface area contributed by atoms with E-state index in [0.29, 0.717) is 11.1 Å². The Balaban J connectivity index is 2.91. The Labute approximate surface area is 156 Å². The van der Waals surface area contributed by atoms with Crippen LogP contribution in [0.3, 0.4) is 0 Å². The maximum atomic E-state index is 13.6. The fraction of sp³-hybridized carbons (Fsp3) is 0.409. The van der Waals surface area contributed by atoms with Gasteiger partial charge in [-0.1, -0.05) is 30.2 Å². The molecule has 0 aliphatic carbocycles. The Morgan fingerprint density at radius 3 is 2.19 bits per heavy atom. The molecule has 0 aliphatic heterocycles. The standard InChI is InChI=1S/C22H28N2O2/c1-8-19(25)17-13-12-16-10-9-11-18(23(6)7)20(16)21(17)22(26)24(14(2)3)15(4)5/h1,9-15,19,25H,2-7H3. The predicted octanol–water partition coefficient (Wildman–Crippen LogP) is 3.83. The molecule has 2 aromatic rings. The lowest BCUT2D eigenvalue weighted by Crippen LogP contribution is -2.42. The average molecular weight is 352 g/mol. The number of anilines is 1. The molecule has 2 rings (SSSR count). The number of carbonyl (C=O) groups is 1. The summed E-state index contributed by atoms with van der Waals surface area (Å²) in [6.07, 6.45) is 4.35. The second-order valence-electron chi connectivity index (χ2n) is 7.27. The molecule has 4 nitrogen and oxygen atoms in total. The Hall–Kier alpha value is -2.51. The molecule has 138 valence electrons. The number of carbonyl (C=O) groups excluding carboxylic acids is 1. The lowest BCUT2D eigenvalue weighted by atomic mass is 9.92. The van der Waals surface area contributed by atoms with Crippen LogP contribution in [0.15, 0.2) is 30.3 Å². The first kappa shape index (κ1) is 19.8. The van der Waals surface area contributed by atoms with Crippen molar-refractivity contribution in [3.8, 4) is 12.3 Å². The number of amides is 1. The monoisotopic (exact) mass is 352 g/mol. The topological polar surface area (TPSA) is 43.8 Å². The number of benzene rings is 2. The van der Waals surface area contributed by atoms with Crippen LogP contribution in [0.1, 0.15) is 49.7 Å². The van der Waals surface area contributed by atoms with Crippen molar-refractivity contribution in [1.29, 1.82) is 0 Å². The average Bonchev–Trinajstić information content (AvgIpc) is 2.58. The third kappa shape index (κ3) is 3.54. The van der Waals surface area contributed by atoms with E-state index in [1.165, 1.54) is 0 Å². The summed E-state index contributed by atoms with van der Waals surface area (Å²) in [5, 5.41) is 12.2. The molecule has 0 heterocycles. The predicted molar refractivity (Wildman–Crippen MR) is 109 cm³/mol. The number of hydrogen-bond donors (Lipinski definition) is 1. The van der Waals surface area contributed by atoms with Gasteiger partial charge in [0.2, 0.25) is 0 Å². The van der Waals surface area contributed by atoms with Crippen LogP contribution in [-0.4, -0.2) is 42.1 Å². The quantitative estimate of drug-likeness (QED) is 0.832. The maximum absolute atomic E-state index is 13.6. The highest BCUT2D eigenvalue weighted by atomic mass is 16.3. The zero-order chi connectivity index (χ0) is 19.6.